The van der Waals surface area contributed by atoms with Crippen LogP contribution >= 0.6 is 0 Å². The number of nitrogens with one attached hydrogen (secondary N) is 1. The fourth-order valence-electron chi connectivity index (χ4n) is 2.46. The van der Waals surface area contributed by atoms with Crippen molar-refractivity contribution >= 4 is 27.4 Å². The third-order valence-electron chi connectivity index (χ3n) is 3.98. The van der Waals surface area contributed by atoms with Gasteiger partial charge in [0.2, 0.25) is 15.9 Å². The van der Waals surface area contributed by atoms with E-state index in [4.69, 9.17) is 9.47 Å². The summed E-state index contributed by atoms with van der Waals surface area (Å²) < 4.78 is 36.9. The van der Waals surface area contributed by atoms with E-state index in [1.165, 1.54) is 46.4 Å². The van der Waals surface area contributed by atoms with Crippen molar-refractivity contribution in [3.63, 3.8) is 0 Å². The second-order valence-corrected chi connectivity index (χ2v) is 7.98. The van der Waals surface area contributed by atoms with E-state index < -0.39 is 22.5 Å². The van der Waals surface area contributed by atoms with Crippen LogP contribution in [0.5, 0.6) is 11.5 Å². The van der Waals surface area contributed by atoms with E-state index in [1.807, 2.05) is 0 Å². The molecular formula is C19H22N2O6S. The van der Waals surface area contributed by atoms with Gasteiger partial charge >= 0.3 is 0 Å². The Morgan fingerprint density at radius 1 is 1.07 bits per heavy atom. The van der Waals surface area contributed by atoms with Crippen LogP contribution in [0.4, 0.5) is 5.69 Å². The van der Waals surface area contributed by atoms with Gasteiger partial charge in [-0.25, -0.2) is 8.42 Å². The summed E-state index contributed by atoms with van der Waals surface area (Å²) in [6, 6.07) is 10.8. The Hall–Kier alpha value is -2.91. The number of carbonyl (C=O) groups is 2. The number of likely N-dealkylation sites (N-methyl/N-ethyl adjacent to an activating group) is 1. The average molecular weight is 406 g/mol. The summed E-state index contributed by atoms with van der Waals surface area (Å²) in [5.74, 6) is -0.199. The second-order valence-electron chi connectivity index (χ2n) is 5.96. The molecule has 0 radical (unpaired) electrons. The third kappa shape index (κ3) is 4.87. The fourth-order valence-corrected chi connectivity index (χ4v) is 3.75. The maximum atomic E-state index is 12.9. The highest BCUT2D eigenvalue weighted by atomic mass is 32.2. The summed E-state index contributed by atoms with van der Waals surface area (Å²) in [5.41, 5.74) is 0.849. The van der Waals surface area contributed by atoms with Crippen molar-refractivity contribution in [2.24, 2.45) is 0 Å². The Balaban J connectivity index is 2.19. The van der Waals surface area contributed by atoms with Crippen molar-refractivity contribution < 1.29 is 27.5 Å². The first-order chi connectivity index (χ1) is 13.2. The molecule has 0 aliphatic carbocycles. The Morgan fingerprint density at radius 3 is 2.39 bits per heavy atom. The standard InChI is InChI=1S/C19H22N2O6S/c1-13(22)14-6-5-7-15(10-14)20-19(23)12-21(2)28(24,25)18-11-16(26-3)8-9-17(18)27-4/h5-11H,12H2,1-4H3,(H,20,23). The number of ketones is 1. The van der Waals surface area contributed by atoms with Crippen molar-refractivity contribution in [3.8, 4) is 11.5 Å². The zero-order chi connectivity index (χ0) is 20.9. The van der Waals surface area contributed by atoms with E-state index in [-0.39, 0.29) is 16.4 Å². The summed E-state index contributed by atoms with van der Waals surface area (Å²) in [6.45, 7) is 0.996. The number of hydrogen-bond donors (Lipinski definition) is 1. The number of sulfonamides is 1. The molecule has 2 rings (SSSR count). The number of amides is 1. The first-order valence-electron chi connectivity index (χ1n) is 8.28. The molecule has 28 heavy (non-hydrogen) atoms. The van der Waals surface area contributed by atoms with Crippen LogP contribution in [0.25, 0.3) is 0 Å². The highest BCUT2D eigenvalue weighted by molar-refractivity contribution is 7.89. The molecule has 0 unspecified atom stereocenters. The molecule has 0 spiro atoms. The number of benzene rings is 2. The van der Waals surface area contributed by atoms with Crippen LogP contribution in [-0.2, 0) is 14.8 Å². The summed E-state index contributed by atoms with van der Waals surface area (Å²) in [6.07, 6.45) is 0. The maximum absolute atomic E-state index is 12.9. The molecule has 0 heterocycles. The van der Waals surface area contributed by atoms with Gasteiger partial charge in [-0.15, -0.1) is 0 Å². The number of anilines is 1. The van der Waals surface area contributed by atoms with Crippen LogP contribution in [-0.4, -0.2) is 52.2 Å². The molecule has 0 atom stereocenters. The maximum Gasteiger partial charge on any atom is 0.247 e. The number of rotatable bonds is 8. The normalized spacial score (nSPS) is 11.2. The van der Waals surface area contributed by atoms with Crippen LogP contribution in [0.15, 0.2) is 47.4 Å². The van der Waals surface area contributed by atoms with Crippen LogP contribution in [0.3, 0.4) is 0 Å². The fraction of sp³-hybridized carbons (Fsp3) is 0.263. The molecule has 8 nitrogen and oxygen atoms in total. The van der Waals surface area contributed by atoms with Crippen LogP contribution in [0, 0.1) is 0 Å². The van der Waals surface area contributed by atoms with Crippen molar-refractivity contribution in [3.05, 3.63) is 48.0 Å². The largest absolute Gasteiger partial charge is 0.497 e. The molecule has 2 aromatic rings. The lowest BCUT2D eigenvalue weighted by molar-refractivity contribution is -0.116. The number of methoxy groups -OCH3 is 2. The minimum atomic E-state index is -4.01. The van der Waals surface area contributed by atoms with Gasteiger partial charge in [0.05, 0.1) is 20.8 Å². The van der Waals surface area contributed by atoms with Gasteiger partial charge in [0, 0.05) is 24.4 Å². The topological polar surface area (TPSA) is 102 Å². The molecule has 150 valence electrons. The van der Waals surface area contributed by atoms with Crippen LogP contribution < -0.4 is 14.8 Å². The van der Waals surface area contributed by atoms with E-state index in [9.17, 15) is 18.0 Å². The smallest absolute Gasteiger partial charge is 0.247 e. The third-order valence-corrected chi connectivity index (χ3v) is 5.80. The minimum Gasteiger partial charge on any atom is -0.497 e. The van der Waals surface area contributed by atoms with Crippen molar-refractivity contribution in [1.82, 2.24) is 4.31 Å². The van der Waals surface area contributed by atoms with Gasteiger partial charge in [0.1, 0.15) is 16.4 Å². The summed E-state index contributed by atoms with van der Waals surface area (Å²) in [5, 5.41) is 2.59. The van der Waals surface area contributed by atoms with Gasteiger partial charge in [-0.3, -0.25) is 9.59 Å². The SMILES string of the molecule is COc1ccc(OC)c(S(=O)(=O)N(C)CC(=O)Nc2cccc(C(C)=O)c2)c1. The number of Topliss-reactive ketones (excluding diaryl/α,β-unsaturated/α-hetero) is 1. The number of carbonyl (C=O) groups excluding carboxylic acids is 2. The lowest BCUT2D eigenvalue weighted by Crippen LogP contribution is -2.35. The van der Waals surface area contributed by atoms with Crippen LogP contribution in [0.2, 0.25) is 0 Å². The van der Waals surface area contributed by atoms with Crippen molar-refractivity contribution in [1.29, 1.82) is 0 Å². The predicted molar refractivity (Wildman–Crippen MR) is 104 cm³/mol. The predicted octanol–water partition coefficient (Wildman–Crippen LogP) is 2.17. The highest BCUT2D eigenvalue weighted by Crippen LogP contribution is 2.30. The van der Waals surface area contributed by atoms with Crippen LogP contribution in [0.1, 0.15) is 17.3 Å². The van der Waals surface area contributed by atoms with E-state index in [0.717, 1.165) is 4.31 Å². The van der Waals surface area contributed by atoms with Gasteiger partial charge in [-0.05, 0) is 31.2 Å². The number of ether oxygens (including phenoxy) is 2. The Kier molecular flexibility index (Phi) is 6.76. The van der Waals surface area contributed by atoms with Gasteiger partial charge < -0.3 is 14.8 Å². The van der Waals surface area contributed by atoms with E-state index in [1.54, 1.807) is 24.3 Å². The molecule has 9 heteroatoms. The van der Waals surface area contributed by atoms with E-state index >= 15 is 0 Å². The molecule has 1 amide bonds. The van der Waals surface area contributed by atoms with Gasteiger partial charge in [-0.1, -0.05) is 12.1 Å². The lowest BCUT2D eigenvalue weighted by Gasteiger charge is -2.19. The van der Waals surface area contributed by atoms with Gasteiger partial charge in [0.15, 0.2) is 5.78 Å². The molecule has 0 saturated heterocycles. The molecular weight excluding hydrogens is 384 g/mol. The number of hydrogen-bond acceptors (Lipinski definition) is 6. The molecule has 0 saturated carbocycles. The average Bonchev–Trinajstić information content (AvgIpc) is 2.67. The molecule has 2 aromatic carbocycles. The van der Waals surface area contributed by atoms with Crippen molar-refractivity contribution in [2.75, 3.05) is 33.1 Å². The molecule has 0 aliphatic rings. The van der Waals surface area contributed by atoms with E-state index in [0.29, 0.717) is 17.0 Å². The van der Waals surface area contributed by atoms with Gasteiger partial charge in [-0.2, -0.15) is 4.31 Å². The Bertz CT molecular complexity index is 988. The highest BCUT2D eigenvalue weighted by Gasteiger charge is 2.27. The van der Waals surface area contributed by atoms with E-state index in [2.05, 4.69) is 5.32 Å². The zero-order valence-corrected chi connectivity index (χ0v) is 16.9. The molecule has 0 aromatic heterocycles. The molecule has 1 N–H and O–H groups in total. The zero-order valence-electron chi connectivity index (χ0n) is 16.1. The van der Waals surface area contributed by atoms with Crippen molar-refractivity contribution in [2.45, 2.75) is 11.8 Å². The number of nitrogens with zero attached hydrogens (tertiary/aromatic N) is 1. The molecule has 0 bridgehead atoms. The Morgan fingerprint density at radius 2 is 1.79 bits per heavy atom. The first-order valence-corrected chi connectivity index (χ1v) is 9.72. The summed E-state index contributed by atoms with van der Waals surface area (Å²) >= 11 is 0. The summed E-state index contributed by atoms with van der Waals surface area (Å²) in [4.78, 5) is 23.6. The second kappa shape index (κ2) is 8.85. The first kappa shape index (κ1) is 21.4. The lowest BCUT2D eigenvalue weighted by atomic mass is 10.1. The molecule has 0 fully saturated rings. The summed E-state index contributed by atoms with van der Waals surface area (Å²) in [7, 11) is 0.0594. The minimum absolute atomic E-state index is 0.108. The monoisotopic (exact) mass is 406 g/mol. The molecule has 0 aliphatic heterocycles. The quantitative estimate of drug-likeness (QED) is 0.674. The Labute approximate surface area is 164 Å². The van der Waals surface area contributed by atoms with Gasteiger partial charge in [0.25, 0.3) is 0 Å².